The number of nitrogens with zero attached hydrogens (tertiary/aromatic N) is 3. The van der Waals surface area contributed by atoms with Crippen LogP contribution in [0.1, 0.15) is 37.7 Å². The predicted molar refractivity (Wildman–Crippen MR) is 86.7 cm³/mol. The maximum atomic E-state index is 11.6. The van der Waals surface area contributed by atoms with Crippen LogP contribution in [0.15, 0.2) is 30.5 Å². The summed E-state index contributed by atoms with van der Waals surface area (Å²) in [6.07, 6.45) is 3.16. The predicted octanol–water partition coefficient (Wildman–Crippen LogP) is 1.82. The highest BCUT2D eigenvalue weighted by Gasteiger charge is 2.29. The van der Waals surface area contributed by atoms with Gasteiger partial charge in [0, 0.05) is 5.69 Å². The molecule has 8 nitrogen and oxygen atoms in total. The zero-order chi connectivity index (χ0) is 17.6. The molecule has 1 aliphatic rings. The number of H-pyrrole nitrogens is 1. The van der Waals surface area contributed by atoms with Crippen molar-refractivity contribution < 1.29 is 19.8 Å². The summed E-state index contributed by atoms with van der Waals surface area (Å²) in [5.74, 6) is -2.07. The van der Waals surface area contributed by atoms with E-state index in [1.54, 1.807) is 23.0 Å². The number of nitrogens with one attached hydrogen (secondary N) is 1. The van der Waals surface area contributed by atoms with Crippen molar-refractivity contribution in [2.24, 2.45) is 0 Å². The lowest BCUT2D eigenvalue weighted by Gasteiger charge is -2.14. The fourth-order valence-corrected chi connectivity index (χ4v) is 3.19. The Morgan fingerprint density at radius 1 is 1.12 bits per heavy atom. The summed E-state index contributed by atoms with van der Waals surface area (Å²) in [6, 6.07) is 6.47. The first-order chi connectivity index (χ1) is 12.0. The maximum absolute atomic E-state index is 11.6. The Morgan fingerprint density at radius 3 is 2.56 bits per heavy atom. The van der Waals surface area contributed by atoms with E-state index in [4.69, 9.17) is 5.11 Å². The smallest absolute Gasteiger partial charge is 0.357 e. The molecular formula is C17H14N4O4. The van der Waals surface area contributed by atoms with Crippen molar-refractivity contribution in [2.75, 3.05) is 0 Å². The van der Waals surface area contributed by atoms with E-state index in [9.17, 15) is 14.7 Å². The lowest BCUT2D eigenvalue weighted by Crippen LogP contribution is -2.10. The number of hydrogen-bond acceptors (Lipinski definition) is 4. The third-order valence-corrected chi connectivity index (χ3v) is 4.39. The summed E-state index contributed by atoms with van der Waals surface area (Å²) in [7, 11) is 0. The van der Waals surface area contributed by atoms with E-state index in [0.717, 1.165) is 23.2 Å². The van der Waals surface area contributed by atoms with Crippen LogP contribution in [0.4, 0.5) is 0 Å². The molecule has 0 atom stereocenters. The van der Waals surface area contributed by atoms with Crippen LogP contribution in [-0.4, -0.2) is 42.1 Å². The standard InChI is InChI=1S/C17H14N4O4/c22-16(23)10-3-1-9(2-4-10)8-21-12-6-5-11-7-18-19-14(11)13(12)15(20-21)17(24)25/h1-4,7H,5-6,8H2,(H,18,19)(H,22,23)(H,24,25). The molecule has 3 aromatic rings. The molecule has 4 rings (SSSR count). The molecule has 0 fully saturated rings. The van der Waals surface area contributed by atoms with Gasteiger partial charge in [-0.2, -0.15) is 10.2 Å². The quantitative estimate of drug-likeness (QED) is 0.667. The molecule has 0 aliphatic heterocycles. The number of rotatable bonds is 4. The minimum atomic E-state index is -1.08. The number of aryl methyl sites for hydroxylation is 1. The third kappa shape index (κ3) is 2.47. The van der Waals surface area contributed by atoms with Crippen LogP contribution in [0.25, 0.3) is 11.3 Å². The molecule has 0 spiro atoms. The summed E-state index contributed by atoms with van der Waals surface area (Å²) in [5, 5.41) is 29.6. The van der Waals surface area contributed by atoms with Gasteiger partial charge in [-0.05, 0) is 36.1 Å². The minimum Gasteiger partial charge on any atom is -0.478 e. The van der Waals surface area contributed by atoms with Crippen LogP contribution in [0, 0.1) is 0 Å². The van der Waals surface area contributed by atoms with Gasteiger partial charge in [0.1, 0.15) is 0 Å². The lowest BCUT2D eigenvalue weighted by molar-refractivity contribution is 0.0682. The van der Waals surface area contributed by atoms with Gasteiger partial charge in [-0.25, -0.2) is 9.59 Å². The molecule has 0 unspecified atom stereocenters. The zero-order valence-electron chi connectivity index (χ0n) is 13.1. The van der Waals surface area contributed by atoms with Gasteiger partial charge >= 0.3 is 11.9 Å². The van der Waals surface area contributed by atoms with Gasteiger partial charge in [-0.3, -0.25) is 9.78 Å². The van der Waals surface area contributed by atoms with E-state index in [2.05, 4.69) is 15.3 Å². The summed E-state index contributed by atoms with van der Waals surface area (Å²) >= 11 is 0. The molecule has 0 amide bonds. The number of benzene rings is 1. The van der Waals surface area contributed by atoms with Gasteiger partial charge in [0.2, 0.25) is 0 Å². The summed E-state index contributed by atoms with van der Waals surface area (Å²) in [4.78, 5) is 22.6. The van der Waals surface area contributed by atoms with Crippen LogP contribution in [0.5, 0.6) is 0 Å². The van der Waals surface area contributed by atoms with Crippen LogP contribution in [0.3, 0.4) is 0 Å². The van der Waals surface area contributed by atoms with Gasteiger partial charge < -0.3 is 10.2 Å². The lowest BCUT2D eigenvalue weighted by atomic mass is 9.94. The Morgan fingerprint density at radius 2 is 1.88 bits per heavy atom. The number of hydrogen-bond donors (Lipinski definition) is 3. The second-order valence-electron chi connectivity index (χ2n) is 5.91. The first kappa shape index (κ1) is 15.1. The first-order valence-corrected chi connectivity index (χ1v) is 7.72. The van der Waals surface area contributed by atoms with Crippen molar-refractivity contribution in [3.8, 4) is 11.3 Å². The Kier molecular flexibility index (Phi) is 3.38. The van der Waals surface area contributed by atoms with Crippen molar-refractivity contribution in [3.05, 3.63) is 58.5 Å². The topological polar surface area (TPSA) is 121 Å². The van der Waals surface area contributed by atoms with E-state index < -0.39 is 11.9 Å². The number of aromatic amines is 1. The minimum absolute atomic E-state index is 0.00218. The molecule has 1 aliphatic carbocycles. The summed E-state index contributed by atoms with van der Waals surface area (Å²) in [6.45, 7) is 0.374. The molecule has 0 saturated heterocycles. The molecular weight excluding hydrogens is 324 g/mol. The SMILES string of the molecule is O=C(O)c1ccc(Cn2nc(C(=O)O)c3c2CCc2cn[nH]c2-3)cc1. The number of aromatic nitrogens is 4. The van der Waals surface area contributed by atoms with E-state index >= 15 is 0 Å². The van der Waals surface area contributed by atoms with Gasteiger partial charge in [0.15, 0.2) is 5.69 Å². The van der Waals surface area contributed by atoms with Crippen molar-refractivity contribution in [3.63, 3.8) is 0 Å². The molecule has 0 bridgehead atoms. The third-order valence-electron chi connectivity index (χ3n) is 4.39. The van der Waals surface area contributed by atoms with E-state index in [0.29, 0.717) is 24.2 Å². The molecule has 0 radical (unpaired) electrons. The Labute approximate surface area is 141 Å². The maximum Gasteiger partial charge on any atom is 0.357 e. The Hall–Kier alpha value is -3.42. The molecule has 0 saturated carbocycles. The van der Waals surface area contributed by atoms with Crippen LogP contribution in [0.2, 0.25) is 0 Å². The number of carboxylic acids is 2. The summed E-state index contributed by atoms with van der Waals surface area (Å²) < 4.78 is 1.68. The van der Waals surface area contributed by atoms with E-state index in [1.807, 2.05) is 0 Å². The normalized spacial score (nSPS) is 12.5. The number of carboxylic acid groups (broad SMARTS) is 2. The molecule has 1 aromatic carbocycles. The molecule has 2 aromatic heterocycles. The number of carbonyl (C=O) groups is 2. The highest BCUT2D eigenvalue weighted by atomic mass is 16.4. The summed E-state index contributed by atoms with van der Waals surface area (Å²) in [5.41, 5.74) is 4.20. The highest BCUT2D eigenvalue weighted by molar-refractivity contribution is 5.95. The molecule has 8 heteroatoms. The number of aromatic carboxylic acids is 2. The highest BCUT2D eigenvalue weighted by Crippen LogP contribution is 2.34. The van der Waals surface area contributed by atoms with Gasteiger partial charge in [0.25, 0.3) is 0 Å². The van der Waals surface area contributed by atoms with Gasteiger partial charge in [0.05, 0.1) is 29.6 Å². The van der Waals surface area contributed by atoms with Gasteiger partial charge in [-0.1, -0.05) is 12.1 Å². The van der Waals surface area contributed by atoms with Crippen LogP contribution in [-0.2, 0) is 19.4 Å². The van der Waals surface area contributed by atoms with Gasteiger partial charge in [-0.15, -0.1) is 0 Å². The van der Waals surface area contributed by atoms with Crippen molar-refractivity contribution in [1.29, 1.82) is 0 Å². The fraction of sp³-hybridized carbons (Fsp3) is 0.176. The fourth-order valence-electron chi connectivity index (χ4n) is 3.19. The van der Waals surface area contributed by atoms with Crippen molar-refractivity contribution in [1.82, 2.24) is 20.0 Å². The van der Waals surface area contributed by atoms with Crippen molar-refractivity contribution >= 4 is 11.9 Å². The van der Waals surface area contributed by atoms with Crippen molar-refractivity contribution in [2.45, 2.75) is 19.4 Å². The van der Waals surface area contributed by atoms with E-state index in [1.165, 1.54) is 12.1 Å². The largest absolute Gasteiger partial charge is 0.478 e. The molecule has 25 heavy (non-hydrogen) atoms. The first-order valence-electron chi connectivity index (χ1n) is 7.72. The molecule has 126 valence electrons. The second-order valence-corrected chi connectivity index (χ2v) is 5.91. The Bertz CT molecular complexity index is 985. The average molecular weight is 338 g/mol. The van der Waals surface area contributed by atoms with E-state index in [-0.39, 0.29) is 11.3 Å². The molecule has 2 heterocycles. The number of fused-ring (bicyclic) bond motifs is 3. The molecule has 3 N–H and O–H groups in total. The van der Waals surface area contributed by atoms with Crippen LogP contribution < -0.4 is 0 Å². The zero-order valence-corrected chi connectivity index (χ0v) is 13.1. The monoisotopic (exact) mass is 338 g/mol. The second kappa shape index (κ2) is 5.59. The Balaban J connectivity index is 1.75. The van der Waals surface area contributed by atoms with Crippen LogP contribution >= 0.6 is 0 Å². The average Bonchev–Trinajstić information content (AvgIpc) is 3.19.